The molecule has 0 fully saturated rings. The molecule has 2 rings (SSSR count). The standard InChI is InChI=1S/C25H26F4O3/c1-3-5-6-7-8-9-16-32-18-13-10-17(11-14-18)12-15-19-21(26)23(28)20(24(29)22(19)27)25(30)31-4-2/h10-11,13-14H,3-9,16H2,1-2H3. The van der Waals surface area contributed by atoms with E-state index >= 15 is 0 Å². The highest BCUT2D eigenvalue weighted by atomic mass is 19.2. The van der Waals surface area contributed by atoms with Gasteiger partial charge in [-0.05, 0) is 37.6 Å². The first-order valence-electron chi connectivity index (χ1n) is 10.7. The SMILES string of the molecule is CCCCCCCCOc1ccc(C#Cc2c(F)c(F)c(C(=O)OCC)c(F)c2F)cc1. The average molecular weight is 450 g/mol. The highest BCUT2D eigenvalue weighted by Gasteiger charge is 2.29. The van der Waals surface area contributed by atoms with Crippen LogP contribution in [0, 0.1) is 35.1 Å². The number of hydrogen-bond donors (Lipinski definition) is 0. The third-order valence-electron chi connectivity index (χ3n) is 4.70. The van der Waals surface area contributed by atoms with Crippen molar-refractivity contribution in [2.24, 2.45) is 0 Å². The summed E-state index contributed by atoms with van der Waals surface area (Å²) in [6, 6.07) is 6.44. The second-order valence-corrected chi connectivity index (χ2v) is 7.12. The second-order valence-electron chi connectivity index (χ2n) is 7.12. The smallest absolute Gasteiger partial charge is 0.344 e. The predicted octanol–water partition coefficient (Wildman–Crippen LogP) is 6.56. The molecule has 172 valence electrons. The first kappa shape index (κ1) is 25.3. The Balaban J connectivity index is 2.06. The number of ether oxygens (including phenoxy) is 2. The fourth-order valence-corrected chi connectivity index (χ4v) is 2.97. The molecule has 0 bridgehead atoms. The van der Waals surface area contributed by atoms with Crippen LogP contribution in [0.5, 0.6) is 5.75 Å². The Bertz CT molecular complexity index is 946. The summed E-state index contributed by atoms with van der Waals surface area (Å²) in [4.78, 5) is 11.6. The van der Waals surface area contributed by atoms with E-state index in [1.807, 2.05) is 0 Å². The molecule has 2 aromatic carbocycles. The van der Waals surface area contributed by atoms with Crippen LogP contribution in [0.3, 0.4) is 0 Å². The summed E-state index contributed by atoms with van der Waals surface area (Å²) in [6.07, 6.45) is 6.90. The minimum atomic E-state index is -1.84. The molecule has 2 aromatic rings. The molecule has 0 atom stereocenters. The van der Waals surface area contributed by atoms with E-state index in [1.54, 1.807) is 24.3 Å². The van der Waals surface area contributed by atoms with Gasteiger partial charge in [0.2, 0.25) is 0 Å². The van der Waals surface area contributed by atoms with Crippen LogP contribution in [0.2, 0.25) is 0 Å². The van der Waals surface area contributed by atoms with E-state index < -0.39 is 40.4 Å². The van der Waals surface area contributed by atoms with Crippen molar-refractivity contribution in [1.82, 2.24) is 0 Å². The molecule has 0 unspecified atom stereocenters. The van der Waals surface area contributed by atoms with Crippen molar-refractivity contribution >= 4 is 5.97 Å². The monoisotopic (exact) mass is 450 g/mol. The fourth-order valence-electron chi connectivity index (χ4n) is 2.97. The summed E-state index contributed by atoms with van der Waals surface area (Å²) in [7, 11) is 0. The van der Waals surface area contributed by atoms with Gasteiger partial charge in [0, 0.05) is 5.56 Å². The maximum absolute atomic E-state index is 14.2. The zero-order valence-electron chi connectivity index (χ0n) is 18.2. The summed E-state index contributed by atoms with van der Waals surface area (Å²) in [6.45, 7) is 3.94. The lowest BCUT2D eigenvalue weighted by molar-refractivity contribution is 0.0512. The van der Waals surface area contributed by atoms with Crippen LogP contribution in [-0.4, -0.2) is 19.2 Å². The van der Waals surface area contributed by atoms with Gasteiger partial charge in [0.15, 0.2) is 23.3 Å². The Hall–Kier alpha value is -3.01. The number of carbonyl (C=O) groups is 1. The first-order valence-corrected chi connectivity index (χ1v) is 10.7. The van der Waals surface area contributed by atoms with Crippen LogP contribution < -0.4 is 4.74 Å². The number of unbranched alkanes of at least 4 members (excludes halogenated alkanes) is 5. The molecule has 0 radical (unpaired) electrons. The van der Waals surface area contributed by atoms with Crippen molar-refractivity contribution in [3.63, 3.8) is 0 Å². The lowest BCUT2D eigenvalue weighted by Crippen LogP contribution is -2.15. The van der Waals surface area contributed by atoms with Crippen LogP contribution in [0.1, 0.15) is 73.9 Å². The third kappa shape index (κ3) is 6.74. The van der Waals surface area contributed by atoms with Crippen molar-refractivity contribution in [3.8, 4) is 17.6 Å². The normalized spacial score (nSPS) is 10.4. The van der Waals surface area contributed by atoms with Crippen LogP contribution in [0.15, 0.2) is 24.3 Å². The largest absolute Gasteiger partial charge is 0.494 e. The number of hydrogen-bond acceptors (Lipinski definition) is 3. The molecule has 0 aromatic heterocycles. The van der Waals surface area contributed by atoms with Gasteiger partial charge < -0.3 is 9.47 Å². The molecule has 3 nitrogen and oxygen atoms in total. The molecular formula is C25H26F4O3. The molecule has 0 aliphatic carbocycles. The molecule has 0 aliphatic rings. The van der Waals surface area contributed by atoms with Crippen LogP contribution in [0.25, 0.3) is 0 Å². The van der Waals surface area contributed by atoms with Gasteiger partial charge in [-0.1, -0.05) is 50.9 Å². The van der Waals surface area contributed by atoms with E-state index in [-0.39, 0.29) is 6.61 Å². The van der Waals surface area contributed by atoms with Crippen molar-refractivity contribution < 1.29 is 31.8 Å². The predicted molar refractivity (Wildman–Crippen MR) is 114 cm³/mol. The van der Waals surface area contributed by atoms with Gasteiger partial charge in [-0.15, -0.1) is 0 Å². The quantitative estimate of drug-likeness (QED) is 0.135. The van der Waals surface area contributed by atoms with Crippen molar-refractivity contribution in [3.05, 3.63) is 64.2 Å². The summed E-state index contributed by atoms with van der Waals surface area (Å²) >= 11 is 0. The average Bonchev–Trinajstić information content (AvgIpc) is 2.78. The van der Waals surface area contributed by atoms with Crippen LogP contribution in [-0.2, 0) is 4.74 Å². The second kappa shape index (κ2) is 12.7. The maximum atomic E-state index is 14.2. The molecule has 0 aliphatic heterocycles. The number of esters is 1. The highest BCUT2D eigenvalue weighted by Crippen LogP contribution is 2.24. The van der Waals surface area contributed by atoms with Crippen molar-refractivity contribution in [1.29, 1.82) is 0 Å². The van der Waals surface area contributed by atoms with Gasteiger partial charge in [0.05, 0.1) is 13.2 Å². The van der Waals surface area contributed by atoms with E-state index in [1.165, 1.54) is 32.6 Å². The zero-order chi connectivity index (χ0) is 23.5. The Kier molecular flexibility index (Phi) is 10.1. The van der Waals surface area contributed by atoms with Gasteiger partial charge in [0.1, 0.15) is 16.9 Å². The Morgan fingerprint density at radius 2 is 1.41 bits per heavy atom. The van der Waals surface area contributed by atoms with E-state index in [0.29, 0.717) is 17.9 Å². The number of rotatable bonds is 10. The summed E-state index contributed by atoms with van der Waals surface area (Å²) in [5, 5.41) is 0. The maximum Gasteiger partial charge on any atom is 0.344 e. The minimum Gasteiger partial charge on any atom is -0.494 e. The number of benzene rings is 2. The van der Waals surface area contributed by atoms with Crippen molar-refractivity contribution in [2.45, 2.75) is 52.4 Å². The van der Waals surface area contributed by atoms with Gasteiger partial charge in [-0.3, -0.25) is 0 Å². The van der Waals surface area contributed by atoms with Crippen LogP contribution >= 0.6 is 0 Å². The minimum absolute atomic E-state index is 0.207. The zero-order valence-corrected chi connectivity index (χ0v) is 18.2. The molecule has 0 saturated carbocycles. The molecule has 0 heterocycles. The Morgan fingerprint density at radius 3 is 2.00 bits per heavy atom. The highest BCUT2D eigenvalue weighted by molar-refractivity contribution is 5.90. The number of carbonyl (C=O) groups excluding carboxylic acids is 1. The van der Waals surface area contributed by atoms with Gasteiger partial charge in [-0.2, -0.15) is 0 Å². The topological polar surface area (TPSA) is 35.5 Å². The Morgan fingerprint density at radius 1 is 0.812 bits per heavy atom. The summed E-state index contributed by atoms with van der Waals surface area (Å²) in [5.41, 5.74) is -2.15. The van der Waals surface area contributed by atoms with Gasteiger partial charge in [-0.25, -0.2) is 22.4 Å². The molecule has 7 heteroatoms. The van der Waals surface area contributed by atoms with E-state index in [9.17, 15) is 22.4 Å². The van der Waals surface area contributed by atoms with E-state index in [2.05, 4.69) is 23.5 Å². The van der Waals surface area contributed by atoms with Gasteiger partial charge >= 0.3 is 5.97 Å². The molecule has 0 spiro atoms. The molecular weight excluding hydrogens is 424 g/mol. The van der Waals surface area contributed by atoms with E-state index in [4.69, 9.17) is 4.74 Å². The Labute approximate surface area is 185 Å². The lowest BCUT2D eigenvalue weighted by Gasteiger charge is -2.08. The molecule has 0 amide bonds. The molecule has 32 heavy (non-hydrogen) atoms. The molecule has 0 N–H and O–H groups in total. The summed E-state index contributed by atoms with van der Waals surface area (Å²) < 4.78 is 66.8. The third-order valence-corrected chi connectivity index (χ3v) is 4.70. The fraction of sp³-hybridized carbons (Fsp3) is 0.400. The number of halogens is 4. The first-order chi connectivity index (χ1) is 15.4. The van der Waals surface area contributed by atoms with Crippen molar-refractivity contribution in [2.75, 3.05) is 13.2 Å². The molecule has 0 saturated heterocycles. The van der Waals surface area contributed by atoms with Crippen LogP contribution in [0.4, 0.5) is 17.6 Å². The lowest BCUT2D eigenvalue weighted by atomic mass is 10.1. The van der Waals surface area contributed by atoms with Gasteiger partial charge in [0.25, 0.3) is 0 Å². The summed E-state index contributed by atoms with van der Waals surface area (Å²) in [5.74, 6) is -3.50. The van der Waals surface area contributed by atoms with E-state index in [0.717, 1.165) is 12.8 Å².